The lowest BCUT2D eigenvalue weighted by Crippen LogP contribution is -2.35. The number of carboxylic acid groups (broad SMARTS) is 1. The van der Waals surface area contributed by atoms with E-state index < -0.39 is 5.97 Å². The summed E-state index contributed by atoms with van der Waals surface area (Å²) in [5.74, 6) is -0.807. The fourth-order valence-corrected chi connectivity index (χ4v) is 2.94. The van der Waals surface area contributed by atoms with E-state index in [1.807, 2.05) is 0 Å². The third kappa shape index (κ3) is 6.05. The van der Waals surface area contributed by atoms with Crippen molar-refractivity contribution in [2.45, 2.75) is 57.8 Å². The Balaban J connectivity index is 2.43. The highest BCUT2D eigenvalue weighted by atomic mass is 16.4. The molecule has 1 saturated carbocycles. The number of carbonyl (C=O) groups is 2. The van der Waals surface area contributed by atoms with Gasteiger partial charge >= 0.3 is 5.97 Å². The Kier molecular flexibility index (Phi) is 6.84. The largest absolute Gasteiger partial charge is 0.481 e. The number of unbranched alkanes of at least 4 members (excludes halogenated alkanes) is 1. The number of nitrogens with one attached hydrogen (secondary N) is 1. The van der Waals surface area contributed by atoms with Crippen LogP contribution in [0, 0.1) is 5.41 Å². The van der Waals surface area contributed by atoms with Gasteiger partial charge in [-0.1, -0.05) is 19.3 Å². The average molecular weight is 270 g/mol. The topological polar surface area (TPSA) is 92.4 Å². The molecular formula is C14H26N2O3. The summed E-state index contributed by atoms with van der Waals surface area (Å²) in [5, 5.41) is 11.9. The smallest absolute Gasteiger partial charge is 0.303 e. The molecule has 5 heteroatoms. The minimum atomic E-state index is -0.794. The van der Waals surface area contributed by atoms with Crippen LogP contribution in [0.4, 0.5) is 0 Å². The van der Waals surface area contributed by atoms with E-state index in [4.69, 9.17) is 10.8 Å². The number of hydrogen-bond acceptors (Lipinski definition) is 3. The van der Waals surface area contributed by atoms with E-state index in [2.05, 4.69) is 5.32 Å². The number of hydrogen-bond donors (Lipinski definition) is 3. The summed E-state index contributed by atoms with van der Waals surface area (Å²) >= 11 is 0. The molecule has 1 amide bonds. The van der Waals surface area contributed by atoms with Gasteiger partial charge in [0.2, 0.25) is 5.91 Å². The van der Waals surface area contributed by atoms with Gasteiger partial charge in [0.05, 0.1) is 6.42 Å². The van der Waals surface area contributed by atoms with Crippen molar-refractivity contribution in [1.29, 1.82) is 0 Å². The zero-order valence-corrected chi connectivity index (χ0v) is 11.6. The number of amides is 1. The molecule has 0 bridgehead atoms. The molecule has 19 heavy (non-hydrogen) atoms. The zero-order valence-electron chi connectivity index (χ0n) is 11.6. The van der Waals surface area contributed by atoms with Gasteiger partial charge in [-0.05, 0) is 37.6 Å². The summed E-state index contributed by atoms with van der Waals surface area (Å²) in [5.41, 5.74) is 5.08. The number of carboxylic acids is 1. The number of carbonyl (C=O) groups excluding carboxylic acids is 1. The Labute approximate surface area is 114 Å². The van der Waals surface area contributed by atoms with E-state index in [9.17, 15) is 9.59 Å². The normalized spacial score (nSPS) is 17.9. The van der Waals surface area contributed by atoms with Crippen molar-refractivity contribution >= 4 is 11.9 Å². The monoisotopic (exact) mass is 270 g/mol. The SMILES string of the molecule is NCCCCNC(=O)CC1(CC(=O)O)CCCCC1. The maximum Gasteiger partial charge on any atom is 0.303 e. The van der Waals surface area contributed by atoms with Gasteiger partial charge in [-0.15, -0.1) is 0 Å². The van der Waals surface area contributed by atoms with Crippen molar-refractivity contribution < 1.29 is 14.7 Å². The first-order chi connectivity index (χ1) is 9.08. The van der Waals surface area contributed by atoms with Crippen molar-refractivity contribution in [3.05, 3.63) is 0 Å². The molecule has 1 rings (SSSR count). The average Bonchev–Trinajstić information content (AvgIpc) is 2.34. The molecule has 0 heterocycles. The van der Waals surface area contributed by atoms with Gasteiger partial charge in [-0.25, -0.2) is 0 Å². The van der Waals surface area contributed by atoms with E-state index >= 15 is 0 Å². The first-order valence-electron chi connectivity index (χ1n) is 7.26. The predicted octanol–water partition coefficient (Wildman–Crippen LogP) is 1.66. The second-order valence-electron chi connectivity index (χ2n) is 5.65. The standard InChI is InChI=1S/C14H26N2O3/c15-8-4-5-9-16-12(17)10-14(11-13(18)19)6-2-1-3-7-14/h1-11,15H2,(H,16,17)(H,18,19). The van der Waals surface area contributed by atoms with E-state index in [0.717, 1.165) is 44.9 Å². The van der Waals surface area contributed by atoms with Crippen LogP contribution in [0.1, 0.15) is 57.8 Å². The molecule has 4 N–H and O–H groups in total. The van der Waals surface area contributed by atoms with Gasteiger partial charge in [0.15, 0.2) is 0 Å². The molecule has 1 aliphatic rings. The van der Waals surface area contributed by atoms with Crippen molar-refractivity contribution in [2.75, 3.05) is 13.1 Å². The summed E-state index contributed by atoms with van der Waals surface area (Å²) < 4.78 is 0. The van der Waals surface area contributed by atoms with Crippen LogP contribution in [0.25, 0.3) is 0 Å². The van der Waals surface area contributed by atoms with Crippen LogP contribution in [-0.2, 0) is 9.59 Å². The molecule has 0 aromatic heterocycles. The summed E-state index contributed by atoms with van der Waals surface area (Å²) in [6, 6.07) is 0. The van der Waals surface area contributed by atoms with Crippen LogP contribution in [0.3, 0.4) is 0 Å². The summed E-state index contributed by atoms with van der Waals surface area (Å²) in [7, 11) is 0. The van der Waals surface area contributed by atoms with E-state index in [0.29, 0.717) is 19.5 Å². The molecular weight excluding hydrogens is 244 g/mol. The van der Waals surface area contributed by atoms with Crippen molar-refractivity contribution in [2.24, 2.45) is 11.1 Å². The first kappa shape index (κ1) is 16.0. The minimum absolute atomic E-state index is 0.0137. The van der Waals surface area contributed by atoms with Gasteiger partial charge in [0.1, 0.15) is 0 Å². The molecule has 0 aliphatic heterocycles. The van der Waals surface area contributed by atoms with Crippen LogP contribution >= 0.6 is 0 Å². The molecule has 1 fully saturated rings. The first-order valence-corrected chi connectivity index (χ1v) is 7.26. The third-order valence-electron chi connectivity index (χ3n) is 3.93. The van der Waals surface area contributed by atoms with Gasteiger partial charge in [-0.3, -0.25) is 9.59 Å². The fourth-order valence-electron chi connectivity index (χ4n) is 2.94. The van der Waals surface area contributed by atoms with Gasteiger partial charge in [-0.2, -0.15) is 0 Å². The van der Waals surface area contributed by atoms with Gasteiger partial charge in [0, 0.05) is 13.0 Å². The summed E-state index contributed by atoms with van der Waals surface area (Å²) in [4.78, 5) is 22.9. The fraction of sp³-hybridized carbons (Fsp3) is 0.857. The zero-order chi connectivity index (χ0) is 14.1. The number of rotatable bonds is 8. The van der Waals surface area contributed by atoms with Crippen LogP contribution in [0.5, 0.6) is 0 Å². The van der Waals surface area contributed by atoms with E-state index in [1.165, 1.54) is 0 Å². The molecule has 0 atom stereocenters. The second kappa shape index (κ2) is 8.15. The van der Waals surface area contributed by atoms with E-state index in [1.54, 1.807) is 0 Å². The third-order valence-corrected chi connectivity index (χ3v) is 3.93. The molecule has 1 aliphatic carbocycles. The molecule has 0 spiro atoms. The summed E-state index contributed by atoms with van der Waals surface area (Å²) in [6.07, 6.45) is 7.19. The van der Waals surface area contributed by atoms with Crippen LogP contribution < -0.4 is 11.1 Å². The van der Waals surface area contributed by atoms with Crippen LogP contribution in [0.2, 0.25) is 0 Å². The number of aliphatic carboxylic acids is 1. The minimum Gasteiger partial charge on any atom is -0.481 e. The lowest BCUT2D eigenvalue weighted by atomic mass is 9.69. The van der Waals surface area contributed by atoms with Crippen molar-refractivity contribution in [1.82, 2.24) is 5.32 Å². The molecule has 0 saturated heterocycles. The molecule has 5 nitrogen and oxygen atoms in total. The van der Waals surface area contributed by atoms with E-state index in [-0.39, 0.29) is 17.7 Å². The Hall–Kier alpha value is -1.10. The highest BCUT2D eigenvalue weighted by Gasteiger charge is 2.36. The Bertz CT molecular complexity index is 299. The van der Waals surface area contributed by atoms with Gasteiger partial charge in [0.25, 0.3) is 0 Å². The highest BCUT2D eigenvalue weighted by molar-refractivity contribution is 5.78. The van der Waals surface area contributed by atoms with Crippen LogP contribution in [-0.4, -0.2) is 30.1 Å². The Morgan fingerprint density at radius 2 is 1.79 bits per heavy atom. The van der Waals surface area contributed by atoms with Crippen LogP contribution in [0.15, 0.2) is 0 Å². The van der Waals surface area contributed by atoms with Gasteiger partial charge < -0.3 is 16.2 Å². The Morgan fingerprint density at radius 1 is 1.11 bits per heavy atom. The number of nitrogens with two attached hydrogens (primary N) is 1. The van der Waals surface area contributed by atoms with Crippen molar-refractivity contribution in [3.8, 4) is 0 Å². The maximum absolute atomic E-state index is 11.9. The Morgan fingerprint density at radius 3 is 2.37 bits per heavy atom. The highest BCUT2D eigenvalue weighted by Crippen LogP contribution is 2.42. The molecule has 110 valence electrons. The lowest BCUT2D eigenvalue weighted by molar-refractivity contribution is -0.141. The molecule has 0 unspecified atom stereocenters. The molecule has 0 radical (unpaired) electrons. The molecule has 0 aromatic carbocycles. The summed E-state index contributed by atoms with van der Waals surface area (Å²) in [6.45, 7) is 1.28. The predicted molar refractivity (Wildman–Crippen MR) is 73.7 cm³/mol. The van der Waals surface area contributed by atoms with Crippen molar-refractivity contribution in [3.63, 3.8) is 0 Å². The maximum atomic E-state index is 11.9. The second-order valence-corrected chi connectivity index (χ2v) is 5.65. The lowest BCUT2D eigenvalue weighted by Gasteiger charge is -2.35. The molecule has 0 aromatic rings. The quantitative estimate of drug-likeness (QED) is 0.585.